The molecule has 5 rings (SSSR count). The molecule has 0 unspecified atom stereocenters. The van der Waals surface area contributed by atoms with Crippen molar-refractivity contribution in [3.8, 4) is 34.5 Å². The Balaban J connectivity index is 1.26. The molecule has 0 saturated carbocycles. The van der Waals surface area contributed by atoms with Crippen LogP contribution in [0.15, 0.2) is 65.3 Å². The number of nitrogens with one attached hydrogen (secondary N) is 1. The predicted molar refractivity (Wildman–Crippen MR) is 113 cm³/mol. The van der Waals surface area contributed by atoms with Crippen LogP contribution >= 0.6 is 11.6 Å². The van der Waals surface area contributed by atoms with Crippen LogP contribution in [-0.2, 0) is 6.54 Å². The van der Waals surface area contributed by atoms with Crippen LogP contribution in [0.25, 0.3) is 23.0 Å². The fraction of sp³-hybridized carbons (Fsp3) is 0.136. The lowest BCUT2D eigenvalue weighted by Gasteiger charge is -2.08. The molecule has 156 valence electrons. The van der Waals surface area contributed by atoms with E-state index in [9.17, 15) is 4.79 Å². The zero-order valence-electron chi connectivity index (χ0n) is 16.2. The third-order valence-electron chi connectivity index (χ3n) is 4.85. The minimum absolute atomic E-state index is 0.159. The Kier molecular flexibility index (Phi) is 5.05. The molecule has 4 aromatic rings. The summed E-state index contributed by atoms with van der Waals surface area (Å²) in [5.74, 6) is 2.04. The minimum atomic E-state index is -0.159. The first kappa shape index (κ1) is 19.2. The summed E-state index contributed by atoms with van der Waals surface area (Å²) in [6.07, 6.45) is 1.90. The number of hydrogen-bond acceptors (Lipinski definition) is 6. The minimum Gasteiger partial charge on any atom is -0.454 e. The van der Waals surface area contributed by atoms with Gasteiger partial charge in [-0.3, -0.25) is 4.79 Å². The SMILES string of the molecule is O=C(NCCn1cccc1-c1nc(-c2ccc3c(c2)OCO3)no1)c1ccc(Cl)cc1. The number of amides is 1. The maximum atomic E-state index is 12.3. The molecule has 0 saturated heterocycles. The van der Waals surface area contributed by atoms with E-state index in [1.807, 2.05) is 41.1 Å². The first-order chi connectivity index (χ1) is 15.2. The average molecular weight is 437 g/mol. The molecule has 1 aliphatic heterocycles. The summed E-state index contributed by atoms with van der Waals surface area (Å²) in [5.41, 5.74) is 2.09. The second kappa shape index (κ2) is 8.16. The van der Waals surface area contributed by atoms with Crippen molar-refractivity contribution in [2.45, 2.75) is 6.54 Å². The first-order valence-corrected chi connectivity index (χ1v) is 9.98. The highest BCUT2D eigenvalue weighted by atomic mass is 35.5. The lowest BCUT2D eigenvalue weighted by Crippen LogP contribution is -2.27. The fourth-order valence-corrected chi connectivity index (χ4v) is 3.40. The summed E-state index contributed by atoms with van der Waals surface area (Å²) < 4.78 is 18.2. The van der Waals surface area contributed by atoms with Gasteiger partial charge in [-0.1, -0.05) is 16.8 Å². The molecule has 0 aliphatic carbocycles. The van der Waals surface area contributed by atoms with Gasteiger partial charge < -0.3 is 23.9 Å². The number of carbonyl (C=O) groups is 1. The highest BCUT2D eigenvalue weighted by Crippen LogP contribution is 2.35. The van der Waals surface area contributed by atoms with Gasteiger partial charge in [0.05, 0.1) is 0 Å². The van der Waals surface area contributed by atoms with E-state index >= 15 is 0 Å². The molecule has 1 N–H and O–H groups in total. The van der Waals surface area contributed by atoms with Gasteiger partial charge in [0.15, 0.2) is 11.5 Å². The van der Waals surface area contributed by atoms with Gasteiger partial charge in [-0.05, 0) is 54.6 Å². The summed E-state index contributed by atoms with van der Waals surface area (Å²) in [6, 6.07) is 16.0. The Morgan fingerprint density at radius 2 is 1.94 bits per heavy atom. The molecule has 8 nitrogen and oxygen atoms in total. The van der Waals surface area contributed by atoms with E-state index in [4.69, 9.17) is 25.6 Å². The number of ether oxygens (including phenoxy) is 2. The van der Waals surface area contributed by atoms with Crippen molar-refractivity contribution in [3.63, 3.8) is 0 Å². The molecule has 0 bridgehead atoms. The van der Waals surface area contributed by atoms with Crippen molar-refractivity contribution in [3.05, 3.63) is 71.4 Å². The molecule has 3 heterocycles. The third-order valence-corrected chi connectivity index (χ3v) is 5.10. The molecule has 1 aliphatic rings. The number of fused-ring (bicyclic) bond motifs is 1. The third kappa shape index (κ3) is 3.97. The number of nitrogens with zero attached hydrogens (tertiary/aromatic N) is 3. The van der Waals surface area contributed by atoms with Crippen LogP contribution in [0, 0.1) is 0 Å². The largest absolute Gasteiger partial charge is 0.454 e. The maximum absolute atomic E-state index is 12.3. The standard InChI is InChI=1S/C22H17ClN4O4/c23-16-6-3-14(4-7-16)21(28)24-9-11-27-10-1-2-17(27)22-25-20(26-31-22)15-5-8-18-19(12-15)30-13-29-18/h1-8,10,12H,9,11,13H2,(H,24,28). The van der Waals surface area contributed by atoms with Crippen molar-refractivity contribution >= 4 is 17.5 Å². The molecule has 0 spiro atoms. The normalized spacial score (nSPS) is 12.2. The molecule has 1 amide bonds. The zero-order valence-corrected chi connectivity index (χ0v) is 17.0. The van der Waals surface area contributed by atoms with Gasteiger partial charge in [-0.15, -0.1) is 0 Å². The van der Waals surface area contributed by atoms with Gasteiger partial charge in [0.2, 0.25) is 12.6 Å². The van der Waals surface area contributed by atoms with Crippen LogP contribution in [0.1, 0.15) is 10.4 Å². The number of halogens is 1. The van der Waals surface area contributed by atoms with Crippen LogP contribution in [0.2, 0.25) is 5.02 Å². The van der Waals surface area contributed by atoms with Crippen LogP contribution in [-0.4, -0.2) is 34.0 Å². The van der Waals surface area contributed by atoms with Crippen LogP contribution in [0.3, 0.4) is 0 Å². The molecule has 2 aromatic heterocycles. The number of benzene rings is 2. The maximum Gasteiger partial charge on any atom is 0.274 e. The van der Waals surface area contributed by atoms with Crippen LogP contribution in [0.4, 0.5) is 0 Å². The summed E-state index contributed by atoms with van der Waals surface area (Å²) in [5, 5.41) is 7.57. The summed E-state index contributed by atoms with van der Waals surface area (Å²) in [4.78, 5) is 16.8. The Hall–Kier alpha value is -3.78. The van der Waals surface area contributed by atoms with Gasteiger partial charge in [0.25, 0.3) is 11.8 Å². The predicted octanol–water partition coefficient (Wildman–Crippen LogP) is 4.02. The van der Waals surface area contributed by atoms with E-state index in [-0.39, 0.29) is 12.7 Å². The number of hydrogen-bond donors (Lipinski definition) is 1. The molecular formula is C22H17ClN4O4. The monoisotopic (exact) mass is 436 g/mol. The first-order valence-electron chi connectivity index (χ1n) is 9.60. The molecule has 0 fully saturated rings. The van der Waals surface area contributed by atoms with Gasteiger partial charge in [0, 0.05) is 35.4 Å². The lowest BCUT2D eigenvalue weighted by atomic mass is 10.2. The van der Waals surface area contributed by atoms with Gasteiger partial charge in [-0.25, -0.2) is 0 Å². The Morgan fingerprint density at radius 3 is 2.81 bits per heavy atom. The van der Waals surface area contributed by atoms with Crippen molar-refractivity contribution in [2.24, 2.45) is 0 Å². The Bertz CT molecular complexity index is 1230. The molecule has 0 atom stereocenters. The highest BCUT2D eigenvalue weighted by Gasteiger charge is 2.18. The summed E-state index contributed by atoms with van der Waals surface area (Å²) in [7, 11) is 0. The Labute approximate surface area is 182 Å². The summed E-state index contributed by atoms with van der Waals surface area (Å²) >= 11 is 5.86. The number of aromatic nitrogens is 3. The summed E-state index contributed by atoms with van der Waals surface area (Å²) in [6.45, 7) is 1.19. The molecule has 31 heavy (non-hydrogen) atoms. The average Bonchev–Trinajstić information content (AvgIpc) is 3.53. The van der Waals surface area contributed by atoms with E-state index in [1.165, 1.54) is 0 Å². The fourth-order valence-electron chi connectivity index (χ4n) is 3.28. The highest BCUT2D eigenvalue weighted by molar-refractivity contribution is 6.30. The molecule has 9 heteroatoms. The topological polar surface area (TPSA) is 91.4 Å². The Morgan fingerprint density at radius 1 is 1.10 bits per heavy atom. The van der Waals surface area contributed by atoms with Crippen LogP contribution < -0.4 is 14.8 Å². The molecule has 2 aromatic carbocycles. The van der Waals surface area contributed by atoms with Crippen molar-refractivity contribution < 1.29 is 18.8 Å². The van der Waals surface area contributed by atoms with Crippen molar-refractivity contribution in [2.75, 3.05) is 13.3 Å². The van der Waals surface area contributed by atoms with Gasteiger partial charge in [0.1, 0.15) is 5.69 Å². The van der Waals surface area contributed by atoms with E-state index in [2.05, 4.69) is 15.5 Å². The molecular weight excluding hydrogens is 420 g/mol. The van der Waals surface area contributed by atoms with E-state index < -0.39 is 0 Å². The van der Waals surface area contributed by atoms with Crippen molar-refractivity contribution in [1.29, 1.82) is 0 Å². The van der Waals surface area contributed by atoms with Gasteiger partial charge >= 0.3 is 0 Å². The second-order valence-electron chi connectivity index (χ2n) is 6.84. The number of carbonyl (C=O) groups excluding carboxylic acids is 1. The van der Waals surface area contributed by atoms with E-state index in [0.717, 1.165) is 11.3 Å². The quantitative estimate of drug-likeness (QED) is 0.491. The van der Waals surface area contributed by atoms with Crippen molar-refractivity contribution in [1.82, 2.24) is 20.0 Å². The van der Waals surface area contributed by atoms with E-state index in [1.54, 1.807) is 24.3 Å². The second-order valence-corrected chi connectivity index (χ2v) is 7.28. The zero-order chi connectivity index (χ0) is 21.2. The smallest absolute Gasteiger partial charge is 0.274 e. The number of rotatable bonds is 6. The van der Waals surface area contributed by atoms with Gasteiger partial charge in [-0.2, -0.15) is 4.98 Å². The van der Waals surface area contributed by atoms with E-state index in [0.29, 0.717) is 46.9 Å². The molecule has 0 radical (unpaired) electrons. The van der Waals surface area contributed by atoms with Crippen LogP contribution in [0.5, 0.6) is 11.5 Å². The lowest BCUT2D eigenvalue weighted by molar-refractivity contribution is 0.0952.